The number of sulfone groups is 1. The highest BCUT2D eigenvalue weighted by Crippen LogP contribution is 2.28. The summed E-state index contributed by atoms with van der Waals surface area (Å²) in [5.41, 5.74) is 6.76. The summed E-state index contributed by atoms with van der Waals surface area (Å²) in [7, 11) is -3.45. The molecule has 0 atom stereocenters. The Morgan fingerprint density at radius 2 is 1.86 bits per heavy atom. The number of nitrogen functional groups attached to an aromatic ring is 1. The Morgan fingerprint density at radius 3 is 2.52 bits per heavy atom. The standard InChI is InChI=1S/C14H12FN3O2S/c1-21(19,20)12-8-4-7-11-13(12)17-14(16)18(11)10-6-3-2-5-9(10)15/h2-8H,1H3,(H2,16,17). The molecule has 1 heterocycles. The van der Waals surface area contributed by atoms with Gasteiger partial charge in [-0.2, -0.15) is 0 Å². The molecule has 0 aliphatic carbocycles. The van der Waals surface area contributed by atoms with E-state index in [9.17, 15) is 12.8 Å². The number of imidazole rings is 1. The predicted octanol–water partition coefficient (Wildman–Crippen LogP) is 2.15. The topological polar surface area (TPSA) is 78.0 Å². The Hall–Kier alpha value is -2.41. The van der Waals surface area contributed by atoms with Gasteiger partial charge in [-0.05, 0) is 24.3 Å². The van der Waals surface area contributed by atoms with Crippen LogP contribution in [0.15, 0.2) is 47.4 Å². The van der Waals surface area contributed by atoms with Gasteiger partial charge in [-0.15, -0.1) is 0 Å². The summed E-state index contributed by atoms with van der Waals surface area (Å²) in [5.74, 6) is -0.431. The number of para-hydroxylation sites is 2. The fourth-order valence-corrected chi connectivity index (χ4v) is 3.10. The van der Waals surface area contributed by atoms with E-state index in [4.69, 9.17) is 5.73 Å². The van der Waals surface area contributed by atoms with Crippen LogP contribution >= 0.6 is 0 Å². The van der Waals surface area contributed by atoms with Crippen molar-refractivity contribution in [2.24, 2.45) is 0 Å². The first-order valence-corrected chi connectivity index (χ1v) is 8.00. The number of rotatable bonds is 2. The van der Waals surface area contributed by atoms with Crippen LogP contribution in [0.4, 0.5) is 10.3 Å². The third kappa shape index (κ3) is 2.15. The summed E-state index contributed by atoms with van der Waals surface area (Å²) in [6, 6.07) is 10.8. The maximum Gasteiger partial charge on any atom is 0.206 e. The molecular weight excluding hydrogens is 293 g/mol. The van der Waals surface area contributed by atoms with Crippen LogP contribution in [0.1, 0.15) is 0 Å². The van der Waals surface area contributed by atoms with Crippen LogP contribution in [0, 0.1) is 5.82 Å². The molecule has 0 fully saturated rings. The van der Waals surface area contributed by atoms with Crippen molar-refractivity contribution in [1.29, 1.82) is 0 Å². The third-order valence-corrected chi connectivity index (χ3v) is 4.30. The molecule has 3 aromatic rings. The molecule has 1 aromatic heterocycles. The zero-order chi connectivity index (χ0) is 15.2. The summed E-state index contributed by atoms with van der Waals surface area (Å²) in [5, 5.41) is 0. The highest BCUT2D eigenvalue weighted by Gasteiger charge is 2.19. The van der Waals surface area contributed by atoms with Crippen molar-refractivity contribution in [2.45, 2.75) is 4.90 Å². The lowest BCUT2D eigenvalue weighted by Gasteiger charge is -2.07. The van der Waals surface area contributed by atoms with Crippen molar-refractivity contribution in [3.8, 4) is 5.69 Å². The number of hydrogen-bond acceptors (Lipinski definition) is 4. The monoisotopic (exact) mass is 305 g/mol. The normalized spacial score (nSPS) is 11.9. The van der Waals surface area contributed by atoms with Crippen LogP contribution in [0.5, 0.6) is 0 Å². The van der Waals surface area contributed by atoms with Gasteiger partial charge in [0, 0.05) is 6.26 Å². The third-order valence-electron chi connectivity index (χ3n) is 3.17. The average molecular weight is 305 g/mol. The van der Waals surface area contributed by atoms with E-state index in [-0.39, 0.29) is 22.0 Å². The van der Waals surface area contributed by atoms with E-state index < -0.39 is 15.7 Å². The smallest absolute Gasteiger partial charge is 0.206 e. The highest BCUT2D eigenvalue weighted by atomic mass is 32.2. The minimum Gasteiger partial charge on any atom is -0.369 e. The first kappa shape index (κ1) is 13.6. The van der Waals surface area contributed by atoms with E-state index in [1.807, 2.05) is 0 Å². The lowest BCUT2D eigenvalue weighted by Crippen LogP contribution is -2.02. The molecule has 0 bridgehead atoms. The second kappa shape index (κ2) is 4.56. The van der Waals surface area contributed by atoms with E-state index in [0.717, 1.165) is 6.26 Å². The lowest BCUT2D eigenvalue weighted by molar-refractivity contribution is 0.602. The Morgan fingerprint density at radius 1 is 1.14 bits per heavy atom. The maximum absolute atomic E-state index is 14.0. The van der Waals surface area contributed by atoms with Gasteiger partial charge in [-0.25, -0.2) is 17.8 Å². The van der Waals surface area contributed by atoms with Gasteiger partial charge in [0.2, 0.25) is 5.95 Å². The zero-order valence-corrected chi connectivity index (χ0v) is 11.9. The number of hydrogen-bond donors (Lipinski definition) is 1. The molecule has 0 radical (unpaired) electrons. The number of anilines is 1. The highest BCUT2D eigenvalue weighted by molar-refractivity contribution is 7.91. The number of fused-ring (bicyclic) bond motifs is 1. The van der Waals surface area contributed by atoms with Gasteiger partial charge >= 0.3 is 0 Å². The first-order valence-electron chi connectivity index (χ1n) is 6.11. The Kier molecular flexibility index (Phi) is 2.94. The fraction of sp³-hybridized carbons (Fsp3) is 0.0714. The van der Waals surface area contributed by atoms with Crippen LogP contribution in [-0.2, 0) is 9.84 Å². The molecule has 2 N–H and O–H groups in total. The summed E-state index contributed by atoms with van der Waals surface area (Å²) in [6.07, 6.45) is 1.10. The summed E-state index contributed by atoms with van der Waals surface area (Å²) in [4.78, 5) is 4.16. The first-order chi connectivity index (χ1) is 9.89. The SMILES string of the molecule is CS(=O)(=O)c1cccc2c1nc(N)n2-c1ccccc1F. The van der Waals surface area contributed by atoms with Crippen molar-refractivity contribution in [1.82, 2.24) is 9.55 Å². The van der Waals surface area contributed by atoms with E-state index >= 15 is 0 Å². The molecule has 0 saturated heterocycles. The quantitative estimate of drug-likeness (QED) is 0.787. The van der Waals surface area contributed by atoms with Gasteiger partial charge in [0.15, 0.2) is 9.84 Å². The molecule has 7 heteroatoms. The Bertz CT molecular complexity index is 948. The second-order valence-corrected chi connectivity index (χ2v) is 6.64. The van der Waals surface area contributed by atoms with Crippen molar-refractivity contribution < 1.29 is 12.8 Å². The minimum absolute atomic E-state index is 0.0335. The van der Waals surface area contributed by atoms with Crippen molar-refractivity contribution in [2.75, 3.05) is 12.0 Å². The van der Waals surface area contributed by atoms with Gasteiger partial charge in [-0.3, -0.25) is 4.57 Å². The van der Waals surface area contributed by atoms with Crippen LogP contribution in [-0.4, -0.2) is 24.2 Å². The maximum atomic E-state index is 14.0. The van der Waals surface area contributed by atoms with Crippen LogP contribution in [0.2, 0.25) is 0 Å². The van der Waals surface area contributed by atoms with Crippen molar-refractivity contribution >= 4 is 26.8 Å². The summed E-state index contributed by atoms with van der Waals surface area (Å²) < 4.78 is 39.0. The largest absolute Gasteiger partial charge is 0.369 e. The van der Waals surface area contributed by atoms with Gasteiger partial charge in [0.25, 0.3) is 0 Å². The molecule has 3 rings (SSSR count). The fourth-order valence-electron chi connectivity index (χ4n) is 2.28. The average Bonchev–Trinajstić information content (AvgIpc) is 2.74. The lowest BCUT2D eigenvalue weighted by atomic mass is 10.2. The number of nitrogens with two attached hydrogens (primary N) is 1. The van der Waals surface area contributed by atoms with Gasteiger partial charge in [0.1, 0.15) is 11.3 Å². The molecule has 108 valence electrons. The van der Waals surface area contributed by atoms with Crippen LogP contribution < -0.4 is 5.73 Å². The zero-order valence-electron chi connectivity index (χ0n) is 11.1. The molecular formula is C14H12FN3O2S. The summed E-state index contributed by atoms with van der Waals surface area (Å²) >= 11 is 0. The molecule has 5 nitrogen and oxygen atoms in total. The molecule has 0 unspecified atom stereocenters. The molecule has 0 spiro atoms. The number of nitrogens with zero attached hydrogens (tertiary/aromatic N) is 2. The molecule has 0 aliphatic rings. The second-order valence-electron chi connectivity index (χ2n) is 4.65. The predicted molar refractivity (Wildman–Crippen MR) is 78.6 cm³/mol. The van der Waals surface area contributed by atoms with Crippen LogP contribution in [0.3, 0.4) is 0 Å². The van der Waals surface area contributed by atoms with Gasteiger partial charge in [0.05, 0.1) is 16.1 Å². The van der Waals surface area contributed by atoms with Crippen molar-refractivity contribution in [3.05, 3.63) is 48.3 Å². The molecule has 21 heavy (non-hydrogen) atoms. The van der Waals surface area contributed by atoms with Gasteiger partial charge in [-0.1, -0.05) is 18.2 Å². The van der Waals surface area contributed by atoms with E-state index in [2.05, 4.69) is 4.98 Å². The van der Waals surface area contributed by atoms with Crippen molar-refractivity contribution in [3.63, 3.8) is 0 Å². The Labute approximate surface area is 120 Å². The van der Waals surface area contributed by atoms with E-state index in [1.54, 1.807) is 30.3 Å². The summed E-state index contributed by atoms with van der Waals surface area (Å²) in [6.45, 7) is 0. The Balaban J connectivity index is 2.42. The van der Waals surface area contributed by atoms with E-state index in [1.165, 1.54) is 16.7 Å². The molecule has 0 amide bonds. The molecule has 0 aliphatic heterocycles. The number of aromatic nitrogens is 2. The minimum atomic E-state index is -3.45. The van der Waals surface area contributed by atoms with Gasteiger partial charge < -0.3 is 5.73 Å². The number of benzene rings is 2. The van der Waals surface area contributed by atoms with E-state index in [0.29, 0.717) is 5.52 Å². The number of halogens is 1. The molecule has 0 saturated carbocycles. The van der Waals surface area contributed by atoms with Crippen LogP contribution in [0.25, 0.3) is 16.7 Å². The molecule has 2 aromatic carbocycles.